The van der Waals surface area contributed by atoms with E-state index in [0.29, 0.717) is 26.9 Å². The van der Waals surface area contributed by atoms with Gasteiger partial charge in [0, 0.05) is 16.3 Å². The number of nitrogens with zero attached hydrogens (tertiary/aromatic N) is 1. The SMILES string of the molecule is Cc1cccc(NC(=O)COc2ccccc2/C=C2\SC(=O)N(Cc3ccc(Cl)cc3)C2=O)c1. The lowest BCUT2D eigenvalue weighted by atomic mass is 10.1. The molecule has 0 atom stereocenters. The maximum absolute atomic E-state index is 12.9. The van der Waals surface area contributed by atoms with Crippen LogP contribution in [0, 0.1) is 6.92 Å². The monoisotopic (exact) mass is 492 g/mol. The highest BCUT2D eigenvalue weighted by Gasteiger charge is 2.35. The van der Waals surface area contributed by atoms with E-state index in [9.17, 15) is 14.4 Å². The Bertz CT molecular complexity index is 1270. The summed E-state index contributed by atoms with van der Waals surface area (Å²) in [5, 5.41) is 3.03. The number of hydrogen-bond acceptors (Lipinski definition) is 5. The number of imide groups is 1. The maximum atomic E-state index is 12.9. The van der Waals surface area contributed by atoms with E-state index >= 15 is 0 Å². The summed E-state index contributed by atoms with van der Waals surface area (Å²) in [6, 6.07) is 21.5. The largest absolute Gasteiger partial charge is 0.483 e. The molecule has 8 heteroatoms. The van der Waals surface area contributed by atoms with Crippen molar-refractivity contribution in [1.29, 1.82) is 0 Å². The molecule has 6 nitrogen and oxygen atoms in total. The van der Waals surface area contributed by atoms with Gasteiger partial charge in [0.2, 0.25) is 0 Å². The number of carbonyl (C=O) groups is 3. The zero-order chi connectivity index (χ0) is 24.1. The number of para-hydroxylation sites is 1. The van der Waals surface area contributed by atoms with Crippen LogP contribution in [-0.4, -0.2) is 28.6 Å². The summed E-state index contributed by atoms with van der Waals surface area (Å²) in [6.07, 6.45) is 1.61. The molecule has 0 radical (unpaired) electrons. The van der Waals surface area contributed by atoms with Crippen molar-refractivity contribution in [2.45, 2.75) is 13.5 Å². The Labute approximate surface area is 206 Å². The van der Waals surface area contributed by atoms with Crippen molar-refractivity contribution < 1.29 is 19.1 Å². The first-order chi connectivity index (χ1) is 16.4. The molecule has 3 amide bonds. The first-order valence-corrected chi connectivity index (χ1v) is 11.7. The number of anilines is 1. The standard InChI is InChI=1S/C26H21ClN2O4S/c1-17-5-4-7-21(13-17)28-24(30)16-33-22-8-3-2-6-19(22)14-23-25(31)29(26(32)34-23)15-18-9-11-20(27)12-10-18/h2-14H,15-16H2,1H3,(H,28,30)/b23-14-. The molecule has 1 aliphatic heterocycles. The Morgan fingerprint density at radius 1 is 1.06 bits per heavy atom. The van der Waals surface area contributed by atoms with Crippen LogP contribution in [-0.2, 0) is 16.1 Å². The maximum Gasteiger partial charge on any atom is 0.293 e. The van der Waals surface area contributed by atoms with Crippen LogP contribution in [0.3, 0.4) is 0 Å². The first kappa shape index (κ1) is 23.6. The number of hydrogen-bond donors (Lipinski definition) is 1. The summed E-state index contributed by atoms with van der Waals surface area (Å²) >= 11 is 6.78. The van der Waals surface area contributed by atoms with Crippen LogP contribution < -0.4 is 10.1 Å². The fourth-order valence-electron chi connectivity index (χ4n) is 3.34. The molecule has 0 saturated carbocycles. The Morgan fingerprint density at radius 2 is 1.82 bits per heavy atom. The highest BCUT2D eigenvalue weighted by molar-refractivity contribution is 8.18. The third-order valence-corrected chi connectivity index (χ3v) is 6.15. The van der Waals surface area contributed by atoms with Crippen LogP contribution in [0.25, 0.3) is 6.08 Å². The van der Waals surface area contributed by atoms with Crippen molar-refractivity contribution in [3.05, 3.63) is 99.4 Å². The predicted octanol–water partition coefficient (Wildman–Crippen LogP) is 5.90. The second-order valence-corrected chi connectivity index (χ2v) is 9.07. The van der Waals surface area contributed by atoms with Gasteiger partial charge in [-0.05, 0) is 66.2 Å². The molecule has 172 valence electrons. The zero-order valence-electron chi connectivity index (χ0n) is 18.3. The number of carbonyl (C=O) groups excluding carboxylic acids is 3. The summed E-state index contributed by atoms with van der Waals surface area (Å²) < 4.78 is 5.72. The Balaban J connectivity index is 1.44. The average molecular weight is 493 g/mol. The van der Waals surface area contributed by atoms with Gasteiger partial charge in [-0.3, -0.25) is 19.3 Å². The molecular weight excluding hydrogens is 472 g/mol. The minimum Gasteiger partial charge on any atom is -0.483 e. The molecule has 4 rings (SSSR count). The number of amides is 3. The van der Waals surface area contributed by atoms with Crippen molar-refractivity contribution >= 4 is 52.2 Å². The van der Waals surface area contributed by atoms with Gasteiger partial charge >= 0.3 is 0 Å². The molecule has 0 unspecified atom stereocenters. The second kappa shape index (κ2) is 10.6. The lowest BCUT2D eigenvalue weighted by molar-refractivity contribution is -0.123. The Morgan fingerprint density at radius 3 is 2.59 bits per heavy atom. The van der Waals surface area contributed by atoms with Gasteiger partial charge in [-0.15, -0.1) is 0 Å². The minimum absolute atomic E-state index is 0.163. The van der Waals surface area contributed by atoms with E-state index in [2.05, 4.69) is 5.32 Å². The number of halogens is 1. The van der Waals surface area contributed by atoms with Gasteiger partial charge in [-0.25, -0.2) is 0 Å². The van der Waals surface area contributed by atoms with E-state index in [0.717, 1.165) is 22.9 Å². The molecule has 1 saturated heterocycles. The van der Waals surface area contributed by atoms with Crippen LogP contribution in [0.15, 0.2) is 77.7 Å². The van der Waals surface area contributed by atoms with Gasteiger partial charge < -0.3 is 10.1 Å². The van der Waals surface area contributed by atoms with E-state index in [-0.39, 0.29) is 30.2 Å². The molecule has 1 heterocycles. The molecule has 3 aromatic rings. The lowest BCUT2D eigenvalue weighted by Crippen LogP contribution is -2.27. The van der Waals surface area contributed by atoms with Crippen molar-refractivity contribution in [3.8, 4) is 5.75 Å². The fourth-order valence-corrected chi connectivity index (χ4v) is 4.30. The van der Waals surface area contributed by atoms with Crippen molar-refractivity contribution in [1.82, 2.24) is 4.90 Å². The van der Waals surface area contributed by atoms with E-state index in [4.69, 9.17) is 16.3 Å². The van der Waals surface area contributed by atoms with Crippen molar-refractivity contribution in [3.63, 3.8) is 0 Å². The third kappa shape index (κ3) is 5.87. The first-order valence-electron chi connectivity index (χ1n) is 10.5. The predicted molar refractivity (Wildman–Crippen MR) is 135 cm³/mol. The van der Waals surface area contributed by atoms with Crippen molar-refractivity contribution in [2.24, 2.45) is 0 Å². The summed E-state index contributed by atoms with van der Waals surface area (Å²) in [6.45, 7) is 1.91. The smallest absolute Gasteiger partial charge is 0.293 e. The summed E-state index contributed by atoms with van der Waals surface area (Å²) in [7, 11) is 0. The number of nitrogens with one attached hydrogen (secondary N) is 1. The van der Waals surface area contributed by atoms with E-state index in [1.807, 2.05) is 25.1 Å². The zero-order valence-corrected chi connectivity index (χ0v) is 19.9. The highest BCUT2D eigenvalue weighted by Crippen LogP contribution is 2.35. The lowest BCUT2D eigenvalue weighted by Gasteiger charge is -2.12. The summed E-state index contributed by atoms with van der Waals surface area (Å²) in [4.78, 5) is 39.2. The van der Waals surface area contributed by atoms with Gasteiger partial charge in [0.25, 0.3) is 17.1 Å². The molecule has 0 bridgehead atoms. The van der Waals surface area contributed by atoms with Gasteiger partial charge in [-0.1, -0.05) is 54.1 Å². The average Bonchev–Trinajstić information content (AvgIpc) is 3.07. The Kier molecular flexibility index (Phi) is 7.35. The number of benzene rings is 3. The quantitative estimate of drug-likeness (QED) is 0.415. The van der Waals surface area contributed by atoms with E-state index < -0.39 is 0 Å². The van der Waals surface area contributed by atoms with Crippen LogP contribution in [0.4, 0.5) is 10.5 Å². The molecule has 1 fully saturated rings. The fraction of sp³-hybridized carbons (Fsp3) is 0.115. The number of rotatable bonds is 7. The topological polar surface area (TPSA) is 75.7 Å². The second-order valence-electron chi connectivity index (χ2n) is 7.64. The van der Waals surface area contributed by atoms with Gasteiger partial charge in [0.15, 0.2) is 6.61 Å². The number of ether oxygens (including phenoxy) is 1. The summed E-state index contributed by atoms with van der Waals surface area (Å²) in [5.74, 6) is -0.243. The van der Waals surface area contributed by atoms with Gasteiger partial charge in [0.1, 0.15) is 5.75 Å². The van der Waals surface area contributed by atoms with E-state index in [1.165, 1.54) is 4.90 Å². The molecule has 0 spiro atoms. The van der Waals surface area contributed by atoms with E-state index in [1.54, 1.807) is 60.7 Å². The third-order valence-electron chi connectivity index (χ3n) is 4.99. The number of aryl methyl sites for hydroxylation is 1. The van der Waals surface area contributed by atoms with Gasteiger partial charge in [-0.2, -0.15) is 0 Å². The van der Waals surface area contributed by atoms with Crippen LogP contribution in [0.2, 0.25) is 5.02 Å². The summed E-state index contributed by atoms with van der Waals surface area (Å²) in [5.41, 5.74) is 3.13. The van der Waals surface area contributed by atoms with Crippen LogP contribution >= 0.6 is 23.4 Å². The molecule has 34 heavy (non-hydrogen) atoms. The van der Waals surface area contributed by atoms with Crippen LogP contribution in [0.1, 0.15) is 16.7 Å². The van der Waals surface area contributed by atoms with Gasteiger partial charge in [0.05, 0.1) is 11.4 Å². The molecule has 3 aromatic carbocycles. The molecule has 1 aliphatic rings. The minimum atomic E-state index is -0.378. The Hall–Kier alpha value is -3.55. The molecule has 0 aromatic heterocycles. The van der Waals surface area contributed by atoms with Crippen LogP contribution in [0.5, 0.6) is 5.75 Å². The molecule has 1 N–H and O–H groups in total. The molecule has 0 aliphatic carbocycles. The number of thioether (sulfide) groups is 1. The normalized spacial score (nSPS) is 14.5. The highest BCUT2D eigenvalue weighted by atomic mass is 35.5. The molecular formula is C26H21ClN2O4S. The van der Waals surface area contributed by atoms with Crippen molar-refractivity contribution in [2.75, 3.05) is 11.9 Å².